The van der Waals surface area contributed by atoms with Crippen LogP contribution in [0.1, 0.15) is 93.4 Å². The van der Waals surface area contributed by atoms with Gasteiger partial charge in [-0.25, -0.2) is 4.98 Å². The van der Waals surface area contributed by atoms with E-state index in [1.807, 2.05) is 6.07 Å². The number of nitrogens with zero attached hydrogens (tertiary/aromatic N) is 4. The van der Waals surface area contributed by atoms with Crippen molar-refractivity contribution in [3.8, 4) is 5.75 Å². The normalized spacial score (nSPS) is 12.0. The van der Waals surface area contributed by atoms with E-state index in [9.17, 15) is 4.79 Å². The number of carbonyl (C=O) groups is 1. The second kappa shape index (κ2) is 20.2. The third kappa shape index (κ3) is 11.7. The van der Waals surface area contributed by atoms with Crippen molar-refractivity contribution in [2.45, 2.75) is 85.6 Å². The summed E-state index contributed by atoms with van der Waals surface area (Å²) in [4.78, 5) is 18.2. The van der Waals surface area contributed by atoms with Gasteiger partial charge in [0.05, 0.1) is 25.1 Å². The van der Waals surface area contributed by atoms with Crippen LogP contribution in [0.3, 0.4) is 0 Å². The fraction of sp³-hybridized carbons (Fsp3) is 0.543. The van der Waals surface area contributed by atoms with Crippen molar-refractivity contribution in [2.24, 2.45) is 16.1 Å². The van der Waals surface area contributed by atoms with E-state index >= 15 is 0 Å². The number of benzene rings is 2. The molecule has 0 bridgehead atoms. The molecule has 0 aliphatic rings. The van der Waals surface area contributed by atoms with Crippen molar-refractivity contribution in [3.05, 3.63) is 57.6 Å². The van der Waals surface area contributed by atoms with Crippen molar-refractivity contribution in [1.82, 2.24) is 4.98 Å². The third-order valence-corrected chi connectivity index (χ3v) is 9.05. The summed E-state index contributed by atoms with van der Waals surface area (Å²) in [6.45, 7) is 12.5. The number of rotatable bonds is 22. The van der Waals surface area contributed by atoms with Gasteiger partial charge in [-0.15, -0.1) is 10.2 Å². The quantitative estimate of drug-likeness (QED) is 0.0658. The van der Waals surface area contributed by atoms with Crippen LogP contribution in [0.2, 0.25) is 5.15 Å². The van der Waals surface area contributed by atoms with Crippen LogP contribution in [0.25, 0.3) is 0 Å². The highest BCUT2D eigenvalue weighted by molar-refractivity contribution is 7.17. The molecule has 0 spiro atoms. The second-order valence-corrected chi connectivity index (χ2v) is 12.6. The topological polar surface area (TPSA) is 88.4 Å². The molecule has 246 valence electrons. The molecule has 3 aromatic rings. The molecular formula is C35H50ClN5O3S. The lowest BCUT2D eigenvalue weighted by molar-refractivity contribution is 0.112. The first-order chi connectivity index (χ1) is 22.0. The first-order valence-electron chi connectivity index (χ1n) is 16.4. The number of hydrogen-bond donors (Lipinski definition) is 1. The molecule has 45 heavy (non-hydrogen) atoms. The molecule has 1 N–H and O–H groups in total. The van der Waals surface area contributed by atoms with Gasteiger partial charge in [0.25, 0.3) is 0 Å². The Morgan fingerprint density at radius 2 is 1.78 bits per heavy atom. The molecule has 1 aromatic heterocycles. The summed E-state index contributed by atoms with van der Waals surface area (Å²) in [6, 6.07) is 12.8. The highest BCUT2D eigenvalue weighted by Gasteiger charge is 2.20. The highest BCUT2D eigenvalue weighted by Crippen LogP contribution is 2.41. The van der Waals surface area contributed by atoms with Gasteiger partial charge in [-0.2, -0.15) is 0 Å². The van der Waals surface area contributed by atoms with E-state index in [0.29, 0.717) is 46.8 Å². The zero-order chi connectivity index (χ0) is 32.4. The monoisotopic (exact) mass is 655 g/mol. The fourth-order valence-corrected chi connectivity index (χ4v) is 5.95. The van der Waals surface area contributed by atoms with Gasteiger partial charge in [0, 0.05) is 32.3 Å². The van der Waals surface area contributed by atoms with E-state index in [2.05, 4.69) is 83.5 Å². The molecule has 1 unspecified atom stereocenters. The minimum Gasteiger partial charge on any atom is -0.494 e. The summed E-state index contributed by atoms with van der Waals surface area (Å²) in [5, 5.41) is 12.9. The Bertz CT molecular complexity index is 1330. The van der Waals surface area contributed by atoms with Crippen molar-refractivity contribution >= 4 is 51.4 Å². The smallest absolute Gasteiger partial charge is 0.232 e. The van der Waals surface area contributed by atoms with Crippen LogP contribution < -0.4 is 15.0 Å². The van der Waals surface area contributed by atoms with Crippen molar-refractivity contribution in [2.75, 3.05) is 43.6 Å². The number of carbonyl (C=O) groups excluding carboxylic acids is 1. The van der Waals surface area contributed by atoms with E-state index in [4.69, 9.17) is 21.1 Å². The minimum atomic E-state index is 0.132. The van der Waals surface area contributed by atoms with E-state index in [1.165, 1.54) is 43.2 Å². The van der Waals surface area contributed by atoms with Gasteiger partial charge in [-0.1, -0.05) is 101 Å². The predicted octanol–water partition coefficient (Wildman–Crippen LogP) is 10.4. The van der Waals surface area contributed by atoms with Gasteiger partial charge in [0.15, 0.2) is 11.4 Å². The average Bonchev–Trinajstić information content (AvgIpc) is 3.44. The number of nitrogens with one attached hydrogen (secondary N) is 1. The number of methoxy groups -OCH3 is 1. The SMILES string of the molecule is CCCCc1ccc(CNc2cc(N(CCOCCC)CC(CC)CCCC)c(OC)cc2N=Nc2nc(Cl)c(C=O)s2)cc1. The number of hydrogen-bond acceptors (Lipinski definition) is 9. The Kier molecular flexibility index (Phi) is 16.4. The van der Waals surface area contributed by atoms with Gasteiger partial charge in [-0.05, 0) is 48.8 Å². The lowest BCUT2D eigenvalue weighted by Crippen LogP contribution is -2.33. The van der Waals surface area contributed by atoms with Crippen LogP contribution in [0.5, 0.6) is 5.75 Å². The Labute approximate surface area is 278 Å². The second-order valence-electron chi connectivity index (χ2n) is 11.3. The summed E-state index contributed by atoms with van der Waals surface area (Å²) in [7, 11) is 1.68. The number of aldehydes is 1. The summed E-state index contributed by atoms with van der Waals surface area (Å²) in [5.41, 5.74) is 4.95. The molecule has 0 aliphatic carbocycles. The van der Waals surface area contributed by atoms with Gasteiger partial charge < -0.3 is 19.7 Å². The van der Waals surface area contributed by atoms with Gasteiger partial charge in [0.2, 0.25) is 5.13 Å². The van der Waals surface area contributed by atoms with Crippen molar-refractivity contribution in [1.29, 1.82) is 0 Å². The Balaban J connectivity index is 1.99. The first-order valence-corrected chi connectivity index (χ1v) is 17.5. The number of anilines is 2. The molecular weight excluding hydrogens is 606 g/mol. The number of ether oxygens (including phenoxy) is 2. The molecule has 8 nitrogen and oxygen atoms in total. The zero-order valence-electron chi connectivity index (χ0n) is 27.6. The lowest BCUT2D eigenvalue weighted by Gasteiger charge is -2.31. The molecule has 0 fully saturated rings. The van der Waals surface area contributed by atoms with E-state index in [1.54, 1.807) is 7.11 Å². The van der Waals surface area contributed by atoms with Crippen molar-refractivity contribution in [3.63, 3.8) is 0 Å². The zero-order valence-corrected chi connectivity index (χ0v) is 29.2. The van der Waals surface area contributed by atoms with E-state index in [-0.39, 0.29) is 5.15 Å². The molecule has 0 saturated carbocycles. The number of aromatic nitrogens is 1. The number of unbranched alkanes of at least 4 members (excludes halogenated alkanes) is 2. The maximum atomic E-state index is 11.3. The molecule has 0 saturated heterocycles. The van der Waals surface area contributed by atoms with Gasteiger partial charge >= 0.3 is 0 Å². The molecule has 1 atom stereocenters. The standard InChI is InChI=1S/C35H50ClN5O3S/c1-6-10-12-26(9-4)24-41(18-20-44-19-8-3)31-21-29(37-23-28-16-14-27(15-17-28)13-11-7-2)30(22-32(31)43-5)39-40-35-38-34(36)33(25-42)45-35/h14-17,21-22,25-26,37H,6-13,18-20,23-24H2,1-5H3. The summed E-state index contributed by atoms with van der Waals surface area (Å²) < 4.78 is 11.9. The third-order valence-electron chi connectivity index (χ3n) is 7.79. The van der Waals surface area contributed by atoms with Crippen LogP contribution in [0, 0.1) is 5.92 Å². The minimum absolute atomic E-state index is 0.132. The largest absolute Gasteiger partial charge is 0.494 e. The molecule has 10 heteroatoms. The number of thiazole rings is 1. The molecule has 0 radical (unpaired) electrons. The predicted molar refractivity (Wildman–Crippen MR) is 189 cm³/mol. The van der Waals surface area contributed by atoms with Crippen LogP contribution in [-0.4, -0.2) is 44.7 Å². The van der Waals surface area contributed by atoms with E-state index < -0.39 is 0 Å². The fourth-order valence-electron chi connectivity index (χ4n) is 5.07. The van der Waals surface area contributed by atoms with Crippen LogP contribution >= 0.6 is 22.9 Å². The van der Waals surface area contributed by atoms with Gasteiger partial charge in [0.1, 0.15) is 16.3 Å². The Hall–Kier alpha value is -3.01. The van der Waals surface area contributed by atoms with Crippen LogP contribution in [0.4, 0.5) is 22.2 Å². The average molecular weight is 656 g/mol. The molecule has 0 aliphatic heterocycles. The van der Waals surface area contributed by atoms with Crippen LogP contribution in [0.15, 0.2) is 46.6 Å². The number of halogens is 1. The highest BCUT2D eigenvalue weighted by atomic mass is 35.5. The van der Waals surface area contributed by atoms with Crippen molar-refractivity contribution < 1.29 is 14.3 Å². The number of azo groups is 1. The maximum Gasteiger partial charge on any atom is 0.232 e. The summed E-state index contributed by atoms with van der Waals surface area (Å²) in [5.74, 6) is 1.27. The molecule has 3 rings (SSSR count). The number of aryl methyl sites for hydroxylation is 1. The maximum absolute atomic E-state index is 11.3. The van der Waals surface area contributed by atoms with E-state index in [0.717, 1.165) is 61.7 Å². The molecule has 0 amide bonds. The van der Waals surface area contributed by atoms with Gasteiger partial charge in [-0.3, -0.25) is 4.79 Å². The summed E-state index contributed by atoms with van der Waals surface area (Å²) >= 11 is 7.19. The molecule has 1 heterocycles. The summed E-state index contributed by atoms with van der Waals surface area (Å²) in [6.07, 6.45) is 9.84. The Morgan fingerprint density at radius 1 is 1.02 bits per heavy atom. The molecule has 2 aromatic carbocycles. The lowest BCUT2D eigenvalue weighted by atomic mass is 9.98. The Morgan fingerprint density at radius 3 is 2.42 bits per heavy atom. The van der Waals surface area contributed by atoms with Crippen LogP contribution in [-0.2, 0) is 17.7 Å². The first kappa shape index (κ1) is 36.5.